The van der Waals surface area contributed by atoms with Crippen LogP contribution in [0.3, 0.4) is 0 Å². The van der Waals surface area contributed by atoms with Crippen LogP contribution in [0.2, 0.25) is 0 Å². The minimum absolute atomic E-state index is 0. The van der Waals surface area contributed by atoms with Crippen LogP contribution < -0.4 is 14.5 Å². The van der Waals surface area contributed by atoms with Crippen LogP contribution in [-0.2, 0) is 10.0 Å². The number of hydrogen-bond donors (Lipinski definition) is 1. The molecule has 1 N–H and O–H groups in total. The number of nitrogens with zero attached hydrogens (tertiary/aromatic N) is 4. The fourth-order valence-electron chi connectivity index (χ4n) is 6.13. The summed E-state index contributed by atoms with van der Waals surface area (Å²) in [6.45, 7) is 8.99. The van der Waals surface area contributed by atoms with E-state index in [0.717, 1.165) is 26.1 Å². The molecule has 3 fully saturated rings. The van der Waals surface area contributed by atoms with Crippen molar-refractivity contribution < 1.29 is 14.6 Å². The van der Waals surface area contributed by atoms with Crippen LogP contribution in [-0.4, -0.2) is 49.5 Å². The largest absolute Gasteiger partial charge is 0.356 e. The highest BCUT2D eigenvalue weighted by atomic mass is 32.2. The van der Waals surface area contributed by atoms with Crippen LogP contribution in [0, 0.1) is 17.8 Å². The lowest BCUT2D eigenvalue weighted by molar-refractivity contribution is 0.0981. The van der Waals surface area contributed by atoms with E-state index in [9.17, 15) is 13.2 Å². The second-order valence-electron chi connectivity index (χ2n) is 10.7. The van der Waals surface area contributed by atoms with Crippen molar-refractivity contribution in [1.82, 2.24) is 14.7 Å². The molecule has 34 heavy (non-hydrogen) atoms. The predicted molar refractivity (Wildman–Crippen MR) is 133 cm³/mol. The standard InChI is InChI=1S/C25H33N5O3S.H2/c1-17-13-25(2,3)30(14-17)23-20(9-6-12-26-23)24(31)28-34(32,33)22-11-5-10-21(27-22)29-15-18-7-4-8-19(18)16-29;/h5-6,9-12,17-19H,4,7-8,13-16H2,1-3H3,(H,28,31);1H. The van der Waals surface area contributed by atoms with Crippen molar-refractivity contribution in [2.75, 3.05) is 29.4 Å². The molecule has 1 amide bonds. The second kappa shape index (κ2) is 8.52. The molecule has 2 aliphatic heterocycles. The smallest absolute Gasteiger partial charge is 0.281 e. The van der Waals surface area contributed by atoms with Gasteiger partial charge in [-0.15, -0.1) is 0 Å². The average molecular weight is 486 g/mol. The maximum Gasteiger partial charge on any atom is 0.281 e. The van der Waals surface area contributed by atoms with E-state index >= 15 is 0 Å². The third-order valence-electron chi connectivity index (χ3n) is 7.62. The Hall–Kier alpha value is -2.68. The van der Waals surface area contributed by atoms with E-state index in [-0.39, 0.29) is 17.6 Å². The first-order valence-electron chi connectivity index (χ1n) is 12.2. The number of amides is 1. The molecular weight excluding hydrogens is 450 g/mol. The summed E-state index contributed by atoms with van der Waals surface area (Å²) in [7, 11) is -4.14. The predicted octanol–water partition coefficient (Wildman–Crippen LogP) is 3.70. The van der Waals surface area contributed by atoms with E-state index < -0.39 is 15.9 Å². The fraction of sp³-hybridized carbons (Fsp3) is 0.560. The number of rotatable bonds is 5. The van der Waals surface area contributed by atoms with Gasteiger partial charge in [-0.2, -0.15) is 8.42 Å². The fourth-order valence-corrected chi connectivity index (χ4v) is 7.06. The van der Waals surface area contributed by atoms with Gasteiger partial charge in [-0.1, -0.05) is 19.4 Å². The summed E-state index contributed by atoms with van der Waals surface area (Å²) in [6, 6.07) is 8.25. The summed E-state index contributed by atoms with van der Waals surface area (Å²) in [5, 5.41) is -0.143. The monoisotopic (exact) mass is 485 g/mol. The van der Waals surface area contributed by atoms with Crippen LogP contribution in [0.5, 0.6) is 0 Å². The van der Waals surface area contributed by atoms with E-state index in [0.29, 0.717) is 29.4 Å². The molecule has 3 unspecified atom stereocenters. The molecule has 9 heteroatoms. The number of hydrogen-bond acceptors (Lipinski definition) is 7. The van der Waals surface area contributed by atoms with Crippen molar-refractivity contribution in [1.29, 1.82) is 0 Å². The molecule has 0 aromatic carbocycles. The highest BCUT2D eigenvalue weighted by Crippen LogP contribution is 2.39. The maximum atomic E-state index is 13.2. The number of aromatic nitrogens is 2. The molecule has 0 spiro atoms. The van der Waals surface area contributed by atoms with Gasteiger partial charge in [0.1, 0.15) is 11.6 Å². The number of carbonyl (C=O) groups is 1. The lowest BCUT2D eigenvalue weighted by atomic mass is 9.97. The third kappa shape index (κ3) is 4.26. The Morgan fingerprint density at radius 1 is 1.12 bits per heavy atom. The number of anilines is 2. The highest BCUT2D eigenvalue weighted by Gasteiger charge is 2.39. The zero-order valence-electron chi connectivity index (χ0n) is 20.1. The second-order valence-corrected chi connectivity index (χ2v) is 12.4. The zero-order valence-corrected chi connectivity index (χ0v) is 20.9. The quantitative estimate of drug-likeness (QED) is 0.690. The number of pyridine rings is 2. The van der Waals surface area contributed by atoms with Gasteiger partial charge in [0, 0.05) is 32.8 Å². The van der Waals surface area contributed by atoms with Gasteiger partial charge in [-0.25, -0.2) is 14.7 Å². The van der Waals surface area contributed by atoms with Gasteiger partial charge < -0.3 is 9.80 Å². The molecule has 0 radical (unpaired) electrons. The molecule has 3 atom stereocenters. The summed E-state index contributed by atoms with van der Waals surface area (Å²) in [5.41, 5.74) is 0.0720. The SMILES string of the molecule is CC1CN(c2ncccc2C(=O)NS(=O)(=O)c2cccc(N3CC4CCCC4C3)n2)C(C)(C)C1.[HH]. The molecule has 0 bridgehead atoms. The zero-order chi connectivity index (χ0) is 24.1. The Morgan fingerprint density at radius 2 is 1.85 bits per heavy atom. The molecule has 1 saturated carbocycles. The van der Waals surface area contributed by atoms with Crippen molar-refractivity contribution in [3.63, 3.8) is 0 Å². The molecule has 5 rings (SSSR count). The van der Waals surface area contributed by atoms with Gasteiger partial charge in [-0.3, -0.25) is 4.79 Å². The van der Waals surface area contributed by atoms with Gasteiger partial charge in [0.25, 0.3) is 15.9 Å². The van der Waals surface area contributed by atoms with E-state index in [2.05, 4.69) is 45.3 Å². The van der Waals surface area contributed by atoms with Crippen LogP contribution in [0.15, 0.2) is 41.6 Å². The first-order valence-corrected chi connectivity index (χ1v) is 13.6. The van der Waals surface area contributed by atoms with Crippen molar-refractivity contribution in [2.24, 2.45) is 17.8 Å². The van der Waals surface area contributed by atoms with Crippen molar-refractivity contribution in [3.8, 4) is 0 Å². The molecule has 4 heterocycles. The van der Waals surface area contributed by atoms with Crippen LogP contribution in [0.4, 0.5) is 11.6 Å². The number of fused-ring (bicyclic) bond motifs is 1. The first-order chi connectivity index (χ1) is 16.1. The van der Waals surface area contributed by atoms with Crippen LogP contribution in [0.1, 0.15) is 58.2 Å². The van der Waals surface area contributed by atoms with Crippen molar-refractivity contribution in [2.45, 2.75) is 57.0 Å². The van der Waals surface area contributed by atoms with Crippen LogP contribution >= 0.6 is 0 Å². The first kappa shape index (κ1) is 23.1. The maximum absolute atomic E-state index is 13.2. The van der Waals surface area contributed by atoms with E-state index in [1.54, 1.807) is 24.4 Å². The van der Waals surface area contributed by atoms with Crippen LogP contribution in [0.25, 0.3) is 0 Å². The van der Waals surface area contributed by atoms with Gasteiger partial charge in [0.15, 0.2) is 5.03 Å². The van der Waals surface area contributed by atoms with E-state index in [4.69, 9.17) is 0 Å². The Labute approximate surface area is 203 Å². The van der Waals surface area contributed by atoms with Gasteiger partial charge in [0.2, 0.25) is 0 Å². The molecule has 184 valence electrons. The summed E-state index contributed by atoms with van der Waals surface area (Å²) >= 11 is 0. The normalized spacial score (nSPS) is 26.0. The Balaban J connectivity index is 0.00000289. The van der Waals surface area contributed by atoms with E-state index in [1.165, 1.54) is 25.3 Å². The molecule has 2 aromatic heterocycles. The lowest BCUT2D eigenvalue weighted by Crippen LogP contribution is -2.41. The topological polar surface area (TPSA) is 95.5 Å². The minimum atomic E-state index is -4.14. The van der Waals surface area contributed by atoms with Crippen molar-refractivity contribution >= 4 is 27.6 Å². The molecule has 2 saturated heterocycles. The average Bonchev–Trinajstić information content (AvgIpc) is 3.46. The lowest BCUT2D eigenvalue weighted by Gasteiger charge is -2.33. The summed E-state index contributed by atoms with van der Waals surface area (Å²) in [5.74, 6) is 2.26. The van der Waals surface area contributed by atoms with Crippen molar-refractivity contribution in [3.05, 3.63) is 42.1 Å². The van der Waals surface area contributed by atoms with Gasteiger partial charge >= 0.3 is 0 Å². The third-order valence-corrected chi connectivity index (χ3v) is 8.85. The number of nitrogens with one attached hydrogen (secondary N) is 1. The molecule has 3 aliphatic rings. The summed E-state index contributed by atoms with van der Waals surface area (Å²) in [6.07, 6.45) is 6.35. The number of sulfonamides is 1. The number of carbonyl (C=O) groups excluding carboxylic acids is 1. The molecular formula is C25H35N5O3S. The summed E-state index contributed by atoms with van der Waals surface area (Å²) < 4.78 is 28.5. The van der Waals surface area contributed by atoms with Gasteiger partial charge in [0.05, 0.1) is 5.56 Å². The van der Waals surface area contributed by atoms with E-state index in [1.807, 2.05) is 6.07 Å². The highest BCUT2D eigenvalue weighted by molar-refractivity contribution is 7.90. The molecule has 1 aliphatic carbocycles. The van der Waals surface area contributed by atoms with Gasteiger partial charge in [-0.05, 0) is 75.1 Å². The Morgan fingerprint density at radius 3 is 2.53 bits per heavy atom. The Kier molecular flexibility index (Phi) is 5.78. The molecule has 8 nitrogen and oxygen atoms in total. The summed E-state index contributed by atoms with van der Waals surface area (Å²) in [4.78, 5) is 26.3. The Bertz CT molecular complexity index is 1190. The minimum Gasteiger partial charge on any atom is -0.356 e. The molecule has 2 aromatic rings.